The minimum absolute atomic E-state index is 0.123. The molecular formula is C15H23NO3. The van der Waals surface area contributed by atoms with E-state index in [4.69, 9.17) is 9.47 Å². The van der Waals surface area contributed by atoms with Crippen LogP contribution in [0.15, 0.2) is 24.3 Å². The Morgan fingerprint density at radius 1 is 1.26 bits per heavy atom. The number of hydrogen-bond donors (Lipinski definition) is 1. The Kier molecular flexibility index (Phi) is 7.66. The minimum atomic E-state index is -0.123. The highest BCUT2D eigenvalue weighted by Gasteiger charge is 2.01. The van der Waals surface area contributed by atoms with Crippen molar-refractivity contribution in [1.29, 1.82) is 0 Å². The van der Waals surface area contributed by atoms with Crippen molar-refractivity contribution in [2.45, 2.75) is 33.2 Å². The van der Waals surface area contributed by atoms with Gasteiger partial charge >= 0.3 is 5.97 Å². The molecule has 0 aliphatic heterocycles. The van der Waals surface area contributed by atoms with Crippen LogP contribution in [0.4, 0.5) is 0 Å². The molecule has 1 aromatic rings. The number of esters is 1. The second kappa shape index (κ2) is 9.39. The Hall–Kier alpha value is -1.55. The molecule has 0 aliphatic carbocycles. The molecule has 0 saturated carbocycles. The van der Waals surface area contributed by atoms with Gasteiger partial charge in [-0.3, -0.25) is 4.79 Å². The van der Waals surface area contributed by atoms with E-state index in [0.717, 1.165) is 25.3 Å². The van der Waals surface area contributed by atoms with E-state index in [0.29, 0.717) is 19.6 Å². The molecule has 19 heavy (non-hydrogen) atoms. The van der Waals surface area contributed by atoms with E-state index in [1.54, 1.807) is 0 Å². The molecule has 0 bridgehead atoms. The second-order valence-electron chi connectivity index (χ2n) is 4.17. The molecule has 0 saturated heterocycles. The van der Waals surface area contributed by atoms with Crippen molar-refractivity contribution in [2.75, 3.05) is 19.8 Å². The lowest BCUT2D eigenvalue weighted by Crippen LogP contribution is -2.16. The van der Waals surface area contributed by atoms with Gasteiger partial charge in [-0.2, -0.15) is 0 Å². The fourth-order valence-electron chi connectivity index (χ4n) is 1.74. The van der Waals surface area contributed by atoms with Gasteiger partial charge in [0, 0.05) is 13.0 Å². The van der Waals surface area contributed by atoms with Crippen LogP contribution >= 0.6 is 0 Å². The van der Waals surface area contributed by atoms with Crippen LogP contribution in [0.2, 0.25) is 0 Å². The molecule has 0 aromatic heterocycles. The van der Waals surface area contributed by atoms with E-state index >= 15 is 0 Å². The van der Waals surface area contributed by atoms with Gasteiger partial charge in [0.25, 0.3) is 0 Å². The van der Waals surface area contributed by atoms with Crippen molar-refractivity contribution in [2.24, 2.45) is 0 Å². The van der Waals surface area contributed by atoms with E-state index in [-0.39, 0.29) is 5.97 Å². The molecule has 0 spiro atoms. The number of hydrogen-bond acceptors (Lipinski definition) is 4. The number of benzene rings is 1. The van der Waals surface area contributed by atoms with Crippen molar-refractivity contribution in [3.8, 4) is 5.75 Å². The molecule has 0 radical (unpaired) electrons. The number of carbonyl (C=O) groups is 1. The van der Waals surface area contributed by atoms with Crippen molar-refractivity contribution in [3.05, 3.63) is 29.8 Å². The molecule has 0 heterocycles. The molecule has 0 aliphatic rings. The summed E-state index contributed by atoms with van der Waals surface area (Å²) in [4.78, 5) is 11.1. The molecule has 4 heteroatoms. The zero-order valence-corrected chi connectivity index (χ0v) is 11.8. The Labute approximate surface area is 115 Å². The van der Waals surface area contributed by atoms with Crippen LogP contribution in [0.1, 0.15) is 32.3 Å². The third kappa shape index (κ3) is 6.82. The largest absolute Gasteiger partial charge is 0.494 e. The van der Waals surface area contributed by atoms with Crippen molar-refractivity contribution in [1.82, 2.24) is 5.32 Å². The number of carbonyl (C=O) groups excluding carboxylic acids is 1. The predicted octanol–water partition coefficient (Wildman–Crippen LogP) is 2.52. The Morgan fingerprint density at radius 2 is 2.11 bits per heavy atom. The fourth-order valence-corrected chi connectivity index (χ4v) is 1.74. The van der Waals surface area contributed by atoms with E-state index < -0.39 is 0 Å². The summed E-state index contributed by atoms with van der Waals surface area (Å²) in [5, 5.41) is 3.31. The van der Waals surface area contributed by atoms with Gasteiger partial charge in [-0.15, -0.1) is 0 Å². The molecule has 0 fully saturated rings. The van der Waals surface area contributed by atoms with Crippen LogP contribution in [0.3, 0.4) is 0 Å². The van der Waals surface area contributed by atoms with Crippen LogP contribution in [0.5, 0.6) is 5.75 Å². The zero-order chi connectivity index (χ0) is 13.9. The quantitative estimate of drug-likeness (QED) is 0.550. The molecule has 0 atom stereocenters. The normalized spacial score (nSPS) is 10.2. The average Bonchev–Trinajstić information content (AvgIpc) is 2.39. The Morgan fingerprint density at radius 3 is 2.84 bits per heavy atom. The molecule has 4 nitrogen and oxygen atoms in total. The van der Waals surface area contributed by atoms with Crippen LogP contribution in [0, 0.1) is 0 Å². The third-order valence-corrected chi connectivity index (χ3v) is 2.58. The molecule has 1 N–H and O–H groups in total. The summed E-state index contributed by atoms with van der Waals surface area (Å²) < 4.78 is 10.3. The molecule has 0 amide bonds. The minimum Gasteiger partial charge on any atom is -0.494 e. The monoisotopic (exact) mass is 265 g/mol. The lowest BCUT2D eigenvalue weighted by atomic mass is 10.2. The van der Waals surface area contributed by atoms with Gasteiger partial charge in [0.05, 0.1) is 13.2 Å². The van der Waals surface area contributed by atoms with E-state index in [1.807, 2.05) is 32.0 Å². The second-order valence-corrected chi connectivity index (χ2v) is 4.17. The van der Waals surface area contributed by atoms with Crippen LogP contribution in [0.25, 0.3) is 0 Å². The molecule has 106 valence electrons. The fraction of sp³-hybridized carbons (Fsp3) is 0.533. The first-order valence-corrected chi connectivity index (χ1v) is 6.84. The van der Waals surface area contributed by atoms with Gasteiger partial charge in [-0.25, -0.2) is 0 Å². The average molecular weight is 265 g/mol. The highest BCUT2D eigenvalue weighted by Crippen LogP contribution is 2.12. The number of ether oxygens (including phenoxy) is 2. The van der Waals surface area contributed by atoms with Crippen LogP contribution < -0.4 is 10.1 Å². The maximum absolute atomic E-state index is 11.1. The van der Waals surface area contributed by atoms with Gasteiger partial charge in [-0.05, 0) is 44.5 Å². The van der Waals surface area contributed by atoms with Gasteiger partial charge in [0.15, 0.2) is 0 Å². The van der Waals surface area contributed by atoms with Crippen molar-refractivity contribution >= 4 is 5.97 Å². The van der Waals surface area contributed by atoms with Crippen LogP contribution in [-0.2, 0) is 16.1 Å². The maximum atomic E-state index is 11.1. The van der Waals surface area contributed by atoms with Gasteiger partial charge in [0.2, 0.25) is 0 Å². The summed E-state index contributed by atoms with van der Waals surface area (Å²) in [6.45, 7) is 6.51. The molecule has 1 aromatic carbocycles. The number of rotatable bonds is 9. The van der Waals surface area contributed by atoms with Gasteiger partial charge < -0.3 is 14.8 Å². The van der Waals surface area contributed by atoms with Crippen molar-refractivity contribution in [3.63, 3.8) is 0 Å². The first kappa shape index (κ1) is 15.5. The molecule has 0 unspecified atom stereocenters. The Bertz CT molecular complexity index is 379. The lowest BCUT2D eigenvalue weighted by molar-refractivity contribution is -0.143. The van der Waals surface area contributed by atoms with Gasteiger partial charge in [-0.1, -0.05) is 12.1 Å². The summed E-state index contributed by atoms with van der Waals surface area (Å²) in [7, 11) is 0. The van der Waals surface area contributed by atoms with Crippen LogP contribution in [-0.4, -0.2) is 25.7 Å². The Balaban J connectivity index is 2.18. The molecular weight excluding hydrogens is 242 g/mol. The lowest BCUT2D eigenvalue weighted by Gasteiger charge is -2.07. The maximum Gasteiger partial charge on any atom is 0.305 e. The van der Waals surface area contributed by atoms with Gasteiger partial charge in [0.1, 0.15) is 5.75 Å². The summed E-state index contributed by atoms with van der Waals surface area (Å²) in [6, 6.07) is 8.02. The zero-order valence-electron chi connectivity index (χ0n) is 11.8. The smallest absolute Gasteiger partial charge is 0.305 e. The summed E-state index contributed by atoms with van der Waals surface area (Å²) in [5.74, 6) is 0.774. The number of nitrogens with one attached hydrogen (secondary N) is 1. The van der Waals surface area contributed by atoms with Crippen molar-refractivity contribution < 1.29 is 14.3 Å². The van der Waals surface area contributed by atoms with E-state index in [9.17, 15) is 4.79 Å². The summed E-state index contributed by atoms with van der Waals surface area (Å²) in [5.41, 5.74) is 1.18. The van der Waals surface area contributed by atoms with E-state index in [2.05, 4.69) is 11.4 Å². The summed E-state index contributed by atoms with van der Waals surface area (Å²) in [6.07, 6.45) is 1.27. The topological polar surface area (TPSA) is 47.6 Å². The molecule has 1 rings (SSSR count). The highest BCUT2D eigenvalue weighted by molar-refractivity contribution is 5.69. The van der Waals surface area contributed by atoms with E-state index in [1.165, 1.54) is 5.56 Å². The third-order valence-electron chi connectivity index (χ3n) is 2.58. The predicted molar refractivity (Wildman–Crippen MR) is 75.2 cm³/mol. The first-order valence-electron chi connectivity index (χ1n) is 6.84. The standard InChI is InChI=1S/C15H23NO3/c1-3-18-14-8-5-7-13(11-14)12-16-10-6-9-15(17)19-4-2/h5,7-8,11,16H,3-4,6,9-10,12H2,1-2H3. The SMILES string of the molecule is CCOC(=O)CCCNCc1cccc(OCC)c1. The highest BCUT2D eigenvalue weighted by atomic mass is 16.5. The first-order chi connectivity index (χ1) is 9.26. The summed E-state index contributed by atoms with van der Waals surface area (Å²) >= 11 is 0.